The lowest BCUT2D eigenvalue weighted by molar-refractivity contribution is 0.248. The van der Waals surface area contributed by atoms with E-state index < -0.39 is 0 Å². The Labute approximate surface area is 88.2 Å². The zero-order valence-corrected chi connectivity index (χ0v) is 9.89. The van der Waals surface area contributed by atoms with Crippen LogP contribution < -0.4 is 4.74 Å². The SMILES string of the molecule is Cc1ccc(O[C@@H](C)CBr)cc1C. The molecular weight excluding hydrogens is 228 g/mol. The van der Waals surface area contributed by atoms with Crippen LogP contribution in [0.4, 0.5) is 0 Å². The third-order valence-electron chi connectivity index (χ3n) is 2.03. The molecule has 1 rings (SSSR count). The summed E-state index contributed by atoms with van der Waals surface area (Å²) in [7, 11) is 0. The number of rotatable bonds is 3. The first-order chi connectivity index (χ1) is 6.13. The van der Waals surface area contributed by atoms with Gasteiger partial charge in [0.2, 0.25) is 0 Å². The first-order valence-corrected chi connectivity index (χ1v) is 5.55. The molecule has 0 aliphatic heterocycles. The number of halogens is 1. The minimum atomic E-state index is 0.224. The molecule has 0 N–H and O–H groups in total. The topological polar surface area (TPSA) is 9.23 Å². The molecule has 0 spiro atoms. The molecule has 0 unspecified atom stereocenters. The molecule has 13 heavy (non-hydrogen) atoms. The molecule has 0 amide bonds. The molecule has 0 saturated carbocycles. The van der Waals surface area contributed by atoms with Crippen molar-refractivity contribution in [3.05, 3.63) is 29.3 Å². The van der Waals surface area contributed by atoms with Crippen molar-refractivity contribution in [3.8, 4) is 5.75 Å². The summed E-state index contributed by atoms with van der Waals surface area (Å²) in [4.78, 5) is 0. The van der Waals surface area contributed by atoms with Gasteiger partial charge in [0.05, 0.1) is 0 Å². The van der Waals surface area contributed by atoms with Crippen molar-refractivity contribution in [2.75, 3.05) is 5.33 Å². The highest BCUT2D eigenvalue weighted by Gasteiger charge is 2.02. The van der Waals surface area contributed by atoms with Gasteiger partial charge in [0.1, 0.15) is 11.9 Å². The maximum absolute atomic E-state index is 5.65. The third kappa shape index (κ3) is 3.03. The number of hydrogen-bond acceptors (Lipinski definition) is 1. The summed E-state index contributed by atoms with van der Waals surface area (Å²) in [6.45, 7) is 6.25. The Bertz CT molecular complexity index is 283. The quantitative estimate of drug-likeness (QED) is 0.738. The summed E-state index contributed by atoms with van der Waals surface area (Å²) in [5.41, 5.74) is 2.58. The van der Waals surface area contributed by atoms with Gasteiger partial charge in [0.25, 0.3) is 0 Å². The molecule has 72 valence electrons. The van der Waals surface area contributed by atoms with Crippen LogP contribution in [0.2, 0.25) is 0 Å². The van der Waals surface area contributed by atoms with Crippen LogP contribution in [-0.4, -0.2) is 11.4 Å². The molecule has 1 aromatic carbocycles. The molecule has 0 aliphatic rings. The number of ether oxygens (including phenoxy) is 1. The zero-order valence-electron chi connectivity index (χ0n) is 8.30. The monoisotopic (exact) mass is 242 g/mol. The molecule has 1 aromatic rings. The number of alkyl halides is 1. The predicted octanol–water partition coefficient (Wildman–Crippen LogP) is 3.47. The second-order valence-electron chi connectivity index (χ2n) is 3.33. The second-order valence-corrected chi connectivity index (χ2v) is 3.98. The van der Waals surface area contributed by atoms with Gasteiger partial charge in [-0.25, -0.2) is 0 Å². The van der Waals surface area contributed by atoms with Crippen LogP contribution in [0.15, 0.2) is 18.2 Å². The average Bonchev–Trinajstić information content (AvgIpc) is 2.11. The van der Waals surface area contributed by atoms with Gasteiger partial charge in [-0.2, -0.15) is 0 Å². The van der Waals surface area contributed by atoms with Gasteiger partial charge in [0, 0.05) is 5.33 Å². The van der Waals surface area contributed by atoms with E-state index in [1.807, 2.05) is 13.0 Å². The fourth-order valence-corrected chi connectivity index (χ4v) is 1.18. The molecule has 2 heteroatoms. The average molecular weight is 243 g/mol. The molecular formula is C11H15BrO. The minimum Gasteiger partial charge on any atom is -0.490 e. The lowest BCUT2D eigenvalue weighted by Crippen LogP contribution is -2.12. The van der Waals surface area contributed by atoms with Crippen molar-refractivity contribution < 1.29 is 4.74 Å². The summed E-state index contributed by atoms with van der Waals surface area (Å²) >= 11 is 3.38. The Morgan fingerprint density at radius 2 is 2.00 bits per heavy atom. The van der Waals surface area contributed by atoms with Gasteiger partial charge in [0.15, 0.2) is 0 Å². The van der Waals surface area contributed by atoms with Crippen molar-refractivity contribution in [2.45, 2.75) is 26.9 Å². The smallest absolute Gasteiger partial charge is 0.120 e. The lowest BCUT2D eigenvalue weighted by atomic mass is 10.1. The number of benzene rings is 1. The Balaban J connectivity index is 2.73. The summed E-state index contributed by atoms with van der Waals surface area (Å²) in [5.74, 6) is 0.954. The second kappa shape index (κ2) is 4.66. The minimum absolute atomic E-state index is 0.224. The van der Waals surface area contributed by atoms with E-state index in [9.17, 15) is 0 Å². The van der Waals surface area contributed by atoms with Crippen LogP contribution in [-0.2, 0) is 0 Å². The highest BCUT2D eigenvalue weighted by molar-refractivity contribution is 9.09. The Hall–Kier alpha value is -0.500. The van der Waals surface area contributed by atoms with Crippen LogP contribution >= 0.6 is 15.9 Å². The number of hydrogen-bond donors (Lipinski definition) is 0. The van der Waals surface area contributed by atoms with Crippen LogP contribution in [0.25, 0.3) is 0 Å². The van der Waals surface area contributed by atoms with Crippen LogP contribution in [0.3, 0.4) is 0 Å². The van der Waals surface area contributed by atoms with Crippen LogP contribution in [0.1, 0.15) is 18.1 Å². The summed E-state index contributed by atoms with van der Waals surface area (Å²) < 4.78 is 5.65. The molecule has 0 fully saturated rings. The van der Waals surface area contributed by atoms with E-state index in [4.69, 9.17) is 4.74 Å². The highest BCUT2D eigenvalue weighted by atomic mass is 79.9. The van der Waals surface area contributed by atoms with Gasteiger partial charge in [-0.15, -0.1) is 0 Å². The molecule has 0 aromatic heterocycles. The lowest BCUT2D eigenvalue weighted by Gasteiger charge is -2.12. The number of aryl methyl sites for hydroxylation is 2. The van der Waals surface area contributed by atoms with Crippen molar-refractivity contribution in [1.82, 2.24) is 0 Å². The van der Waals surface area contributed by atoms with E-state index in [2.05, 4.69) is 41.9 Å². The third-order valence-corrected chi connectivity index (χ3v) is 2.94. The van der Waals surface area contributed by atoms with E-state index in [-0.39, 0.29) is 6.10 Å². The fourth-order valence-electron chi connectivity index (χ4n) is 1.05. The molecule has 0 radical (unpaired) electrons. The normalized spacial score (nSPS) is 12.6. The largest absolute Gasteiger partial charge is 0.490 e. The first kappa shape index (κ1) is 10.6. The van der Waals surface area contributed by atoms with Crippen molar-refractivity contribution in [2.24, 2.45) is 0 Å². The highest BCUT2D eigenvalue weighted by Crippen LogP contribution is 2.17. The zero-order chi connectivity index (χ0) is 9.84. The Morgan fingerprint density at radius 3 is 2.54 bits per heavy atom. The summed E-state index contributed by atoms with van der Waals surface area (Å²) in [6, 6.07) is 6.18. The molecule has 1 atom stereocenters. The van der Waals surface area contributed by atoms with Gasteiger partial charge in [-0.1, -0.05) is 22.0 Å². The van der Waals surface area contributed by atoms with Gasteiger partial charge in [-0.3, -0.25) is 0 Å². The fraction of sp³-hybridized carbons (Fsp3) is 0.455. The van der Waals surface area contributed by atoms with Crippen molar-refractivity contribution >= 4 is 15.9 Å². The van der Waals surface area contributed by atoms with Crippen LogP contribution in [0.5, 0.6) is 5.75 Å². The van der Waals surface area contributed by atoms with Gasteiger partial charge < -0.3 is 4.74 Å². The molecule has 1 nitrogen and oxygen atoms in total. The van der Waals surface area contributed by atoms with Crippen molar-refractivity contribution in [3.63, 3.8) is 0 Å². The van der Waals surface area contributed by atoms with E-state index in [1.54, 1.807) is 0 Å². The summed E-state index contributed by atoms with van der Waals surface area (Å²) in [6.07, 6.45) is 0.224. The van der Waals surface area contributed by atoms with Gasteiger partial charge >= 0.3 is 0 Å². The Morgan fingerprint density at radius 1 is 1.31 bits per heavy atom. The van der Waals surface area contributed by atoms with E-state index >= 15 is 0 Å². The van der Waals surface area contributed by atoms with Crippen LogP contribution in [0, 0.1) is 13.8 Å². The Kier molecular flexibility index (Phi) is 3.79. The maximum atomic E-state index is 5.65. The standard InChI is InChI=1S/C11H15BrO/c1-8-4-5-11(6-9(8)2)13-10(3)7-12/h4-6,10H,7H2,1-3H3/t10-/m0/s1. The predicted molar refractivity (Wildman–Crippen MR) is 59.8 cm³/mol. The molecule has 0 saturated heterocycles. The van der Waals surface area contributed by atoms with Gasteiger partial charge in [-0.05, 0) is 44.0 Å². The van der Waals surface area contributed by atoms with E-state index in [0.29, 0.717) is 0 Å². The van der Waals surface area contributed by atoms with E-state index in [0.717, 1.165) is 11.1 Å². The first-order valence-electron chi connectivity index (χ1n) is 4.43. The van der Waals surface area contributed by atoms with Crippen molar-refractivity contribution in [1.29, 1.82) is 0 Å². The molecule has 0 bridgehead atoms. The van der Waals surface area contributed by atoms with E-state index in [1.165, 1.54) is 11.1 Å². The molecule has 0 heterocycles. The summed E-state index contributed by atoms with van der Waals surface area (Å²) in [5, 5.41) is 0.861. The maximum Gasteiger partial charge on any atom is 0.120 e. The molecule has 0 aliphatic carbocycles.